The Morgan fingerprint density at radius 3 is 2.74 bits per heavy atom. The molecule has 23 heavy (non-hydrogen) atoms. The van der Waals surface area contributed by atoms with E-state index in [2.05, 4.69) is 25.2 Å². The number of nitrogens with zero attached hydrogens (tertiary/aromatic N) is 7. The second kappa shape index (κ2) is 5.76. The molecule has 1 saturated heterocycles. The minimum Gasteiger partial charge on any atom is -0.378 e. The highest BCUT2D eigenvalue weighted by molar-refractivity contribution is 6.23. The van der Waals surface area contributed by atoms with E-state index in [1.807, 2.05) is 12.1 Å². The van der Waals surface area contributed by atoms with Gasteiger partial charge in [-0.05, 0) is 6.08 Å². The Balaban J connectivity index is 1.56. The SMILES string of the molecule is O=C1C(n2ccnn2)=CCN1c1cc(N2CCOCC2)ncn1. The lowest BCUT2D eigenvalue weighted by atomic mass is 10.3. The summed E-state index contributed by atoms with van der Waals surface area (Å²) in [6.45, 7) is 3.38. The maximum absolute atomic E-state index is 12.6. The van der Waals surface area contributed by atoms with Crippen molar-refractivity contribution in [2.45, 2.75) is 0 Å². The summed E-state index contributed by atoms with van der Waals surface area (Å²) < 4.78 is 6.81. The third kappa shape index (κ3) is 2.55. The Bertz CT molecular complexity index is 737. The van der Waals surface area contributed by atoms with Gasteiger partial charge in [0.05, 0.1) is 25.6 Å². The zero-order valence-electron chi connectivity index (χ0n) is 12.4. The number of amides is 1. The zero-order chi connectivity index (χ0) is 15.6. The van der Waals surface area contributed by atoms with Gasteiger partial charge in [0.15, 0.2) is 0 Å². The summed E-state index contributed by atoms with van der Waals surface area (Å²) in [5.41, 5.74) is 0.481. The van der Waals surface area contributed by atoms with E-state index in [4.69, 9.17) is 4.74 Å². The van der Waals surface area contributed by atoms with Gasteiger partial charge in [-0.25, -0.2) is 14.6 Å². The highest BCUT2D eigenvalue weighted by Crippen LogP contribution is 2.24. The summed E-state index contributed by atoms with van der Waals surface area (Å²) in [5.74, 6) is 1.24. The van der Waals surface area contributed by atoms with Crippen LogP contribution in [0.25, 0.3) is 5.70 Å². The van der Waals surface area contributed by atoms with Crippen molar-refractivity contribution in [2.24, 2.45) is 0 Å². The quantitative estimate of drug-likeness (QED) is 0.774. The summed E-state index contributed by atoms with van der Waals surface area (Å²) in [5, 5.41) is 7.60. The lowest BCUT2D eigenvalue weighted by molar-refractivity contribution is -0.113. The van der Waals surface area contributed by atoms with Gasteiger partial charge in [0.1, 0.15) is 23.7 Å². The van der Waals surface area contributed by atoms with Gasteiger partial charge in [0.2, 0.25) is 0 Å². The van der Waals surface area contributed by atoms with Crippen LogP contribution in [0.3, 0.4) is 0 Å². The van der Waals surface area contributed by atoms with E-state index in [0.29, 0.717) is 31.3 Å². The van der Waals surface area contributed by atoms with E-state index in [9.17, 15) is 4.79 Å². The van der Waals surface area contributed by atoms with E-state index in [0.717, 1.165) is 18.9 Å². The minimum atomic E-state index is -0.151. The average molecular weight is 313 g/mol. The molecular formula is C14H15N7O2. The van der Waals surface area contributed by atoms with Gasteiger partial charge in [-0.1, -0.05) is 5.21 Å². The molecule has 2 aliphatic heterocycles. The molecule has 0 spiro atoms. The number of anilines is 2. The molecule has 2 aromatic rings. The summed E-state index contributed by atoms with van der Waals surface area (Å²) in [6.07, 6.45) is 6.48. The van der Waals surface area contributed by atoms with E-state index >= 15 is 0 Å². The molecule has 0 saturated carbocycles. The number of carbonyl (C=O) groups is 1. The van der Waals surface area contributed by atoms with Crippen molar-refractivity contribution in [3.8, 4) is 0 Å². The van der Waals surface area contributed by atoms with Crippen LogP contribution in [0.15, 0.2) is 30.9 Å². The van der Waals surface area contributed by atoms with Crippen LogP contribution in [0.4, 0.5) is 11.6 Å². The number of morpholine rings is 1. The Morgan fingerprint density at radius 2 is 1.96 bits per heavy atom. The van der Waals surface area contributed by atoms with Gasteiger partial charge in [0.25, 0.3) is 5.91 Å². The van der Waals surface area contributed by atoms with Crippen LogP contribution >= 0.6 is 0 Å². The molecule has 0 unspecified atom stereocenters. The van der Waals surface area contributed by atoms with E-state index < -0.39 is 0 Å². The standard InChI is InChI=1S/C14H15N7O2/c22-14-11(21-4-2-17-18-21)1-3-20(14)13-9-12(15-10-16-13)19-5-7-23-8-6-19/h1-2,4,9-10H,3,5-8H2. The van der Waals surface area contributed by atoms with Crippen LogP contribution in [0.1, 0.15) is 0 Å². The maximum atomic E-state index is 12.6. The molecule has 118 valence electrons. The van der Waals surface area contributed by atoms with Gasteiger partial charge in [-0.2, -0.15) is 0 Å². The molecule has 0 atom stereocenters. The molecular weight excluding hydrogens is 298 g/mol. The molecule has 1 fully saturated rings. The van der Waals surface area contributed by atoms with Crippen molar-refractivity contribution in [3.63, 3.8) is 0 Å². The minimum absolute atomic E-state index is 0.151. The summed E-state index contributed by atoms with van der Waals surface area (Å²) in [6, 6.07) is 1.83. The van der Waals surface area contributed by atoms with Gasteiger partial charge < -0.3 is 9.64 Å². The first kappa shape index (κ1) is 13.8. The average Bonchev–Trinajstić information content (AvgIpc) is 3.25. The summed E-state index contributed by atoms with van der Waals surface area (Å²) >= 11 is 0. The smallest absolute Gasteiger partial charge is 0.278 e. The first-order valence-electron chi connectivity index (χ1n) is 7.36. The lowest BCUT2D eigenvalue weighted by Crippen LogP contribution is -2.37. The van der Waals surface area contributed by atoms with Crippen LogP contribution in [0.5, 0.6) is 0 Å². The van der Waals surface area contributed by atoms with E-state index in [1.54, 1.807) is 11.1 Å². The van der Waals surface area contributed by atoms with Crippen molar-refractivity contribution >= 4 is 23.2 Å². The number of hydrogen-bond donors (Lipinski definition) is 0. The van der Waals surface area contributed by atoms with Gasteiger partial charge in [0, 0.05) is 25.7 Å². The first-order chi connectivity index (χ1) is 11.3. The van der Waals surface area contributed by atoms with Crippen LogP contribution in [0.2, 0.25) is 0 Å². The van der Waals surface area contributed by atoms with Crippen LogP contribution in [0, 0.1) is 0 Å². The predicted molar refractivity (Wildman–Crippen MR) is 81.7 cm³/mol. The molecule has 9 nitrogen and oxygen atoms in total. The number of rotatable bonds is 3. The van der Waals surface area contributed by atoms with Crippen LogP contribution in [-0.2, 0) is 9.53 Å². The topological polar surface area (TPSA) is 89.3 Å². The monoisotopic (exact) mass is 313 g/mol. The summed E-state index contributed by atoms with van der Waals surface area (Å²) in [7, 11) is 0. The van der Waals surface area contributed by atoms with Crippen molar-refractivity contribution in [1.29, 1.82) is 0 Å². The van der Waals surface area contributed by atoms with Crippen LogP contribution < -0.4 is 9.80 Å². The Labute approximate surface area is 132 Å². The van der Waals surface area contributed by atoms with Crippen molar-refractivity contribution in [2.75, 3.05) is 42.6 Å². The molecule has 1 amide bonds. The molecule has 9 heteroatoms. The number of carbonyl (C=O) groups excluding carboxylic acids is 1. The third-order valence-corrected chi connectivity index (χ3v) is 3.85. The molecule has 2 aromatic heterocycles. The summed E-state index contributed by atoms with van der Waals surface area (Å²) in [4.78, 5) is 24.8. The van der Waals surface area contributed by atoms with E-state index in [1.165, 1.54) is 17.2 Å². The lowest BCUT2D eigenvalue weighted by Gasteiger charge is -2.28. The van der Waals surface area contributed by atoms with Crippen LogP contribution in [-0.4, -0.2) is 63.7 Å². The number of hydrogen-bond acceptors (Lipinski definition) is 7. The second-order valence-electron chi connectivity index (χ2n) is 5.19. The van der Waals surface area contributed by atoms with Gasteiger partial charge in [-0.15, -0.1) is 5.10 Å². The zero-order valence-corrected chi connectivity index (χ0v) is 12.4. The third-order valence-electron chi connectivity index (χ3n) is 3.85. The molecule has 4 heterocycles. The first-order valence-corrected chi connectivity index (χ1v) is 7.36. The fraction of sp³-hybridized carbons (Fsp3) is 0.357. The molecule has 0 N–H and O–H groups in total. The van der Waals surface area contributed by atoms with Crippen molar-refractivity contribution in [3.05, 3.63) is 30.9 Å². The highest BCUT2D eigenvalue weighted by Gasteiger charge is 2.28. The normalized spacial score (nSPS) is 18.4. The Morgan fingerprint density at radius 1 is 1.13 bits per heavy atom. The molecule has 0 aromatic carbocycles. The Hall–Kier alpha value is -2.81. The number of ether oxygens (including phenoxy) is 1. The van der Waals surface area contributed by atoms with Gasteiger partial charge in [-0.3, -0.25) is 9.69 Å². The van der Waals surface area contributed by atoms with Crippen molar-refractivity contribution < 1.29 is 9.53 Å². The molecule has 4 rings (SSSR count). The highest BCUT2D eigenvalue weighted by atomic mass is 16.5. The molecule has 0 bridgehead atoms. The van der Waals surface area contributed by atoms with E-state index in [-0.39, 0.29) is 5.91 Å². The van der Waals surface area contributed by atoms with Gasteiger partial charge >= 0.3 is 0 Å². The largest absolute Gasteiger partial charge is 0.378 e. The maximum Gasteiger partial charge on any atom is 0.278 e. The fourth-order valence-electron chi connectivity index (χ4n) is 2.66. The fourth-order valence-corrected chi connectivity index (χ4v) is 2.66. The van der Waals surface area contributed by atoms with Crippen molar-refractivity contribution in [1.82, 2.24) is 25.0 Å². The number of aromatic nitrogens is 5. The molecule has 0 radical (unpaired) electrons. The second-order valence-corrected chi connectivity index (χ2v) is 5.19. The molecule has 0 aliphatic carbocycles. The molecule has 2 aliphatic rings. The Kier molecular flexibility index (Phi) is 3.46. The predicted octanol–water partition coefficient (Wildman–Crippen LogP) is -0.208.